The number of aliphatic carboxylic acids is 1. The van der Waals surface area contributed by atoms with E-state index in [0.29, 0.717) is 25.4 Å². The molecule has 110 valence electrons. The Balaban J connectivity index is 2.32. The Morgan fingerprint density at radius 3 is 2.68 bits per heavy atom. The van der Waals surface area contributed by atoms with Gasteiger partial charge in [-0.1, -0.05) is 6.92 Å². The molecular formula is C13H24N2O4. The van der Waals surface area contributed by atoms with Gasteiger partial charge in [0.05, 0.1) is 0 Å². The number of hydrogen-bond acceptors (Lipinski definition) is 3. The van der Waals surface area contributed by atoms with Crippen LogP contribution in [0.25, 0.3) is 0 Å². The van der Waals surface area contributed by atoms with Gasteiger partial charge >= 0.3 is 12.0 Å². The zero-order valence-corrected chi connectivity index (χ0v) is 11.6. The molecule has 0 saturated heterocycles. The van der Waals surface area contributed by atoms with E-state index in [4.69, 9.17) is 9.84 Å². The fourth-order valence-corrected chi connectivity index (χ4v) is 2.41. The predicted octanol–water partition coefficient (Wildman–Crippen LogP) is 1.35. The Kier molecular flexibility index (Phi) is 6.62. The van der Waals surface area contributed by atoms with Crippen molar-refractivity contribution in [3.05, 3.63) is 0 Å². The summed E-state index contributed by atoms with van der Waals surface area (Å²) in [4.78, 5) is 22.8. The highest BCUT2D eigenvalue weighted by atomic mass is 16.5. The van der Waals surface area contributed by atoms with Crippen molar-refractivity contribution < 1.29 is 19.4 Å². The molecule has 1 aliphatic rings. The molecule has 0 aromatic heterocycles. The van der Waals surface area contributed by atoms with Gasteiger partial charge in [0.25, 0.3) is 0 Å². The van der Waals surface area contributed by atoms with Crippen LogP contribution in [0, 0.1) is 5.92 Å². The van der Waals surface area contributed by atoms with Crippen LogP contribution in [0.4, 0.5) is 4.79 Å². The standard InChI is InChI=1S/C13H24N2O4/c1-9-5-6-10(8-9)14-13(18)15-11(12(16)17)4-3-7-19-2/h9-11H,3-8H2,1-2H3,(H,16,17)(H2,14,15,18). The topological polar surface area (TPSA) is 87.7 Å². The summed E-state index contributed by atoms with van der Waals surface area (Å²) in [6.07, 6.45) is 4.03. The van der Waals surface area contributed by atoms with Crippen molar-refractivity contribution in [2.75, 3.05) is 13.7 Å². The molecule has 0 aromatic carbocycles. The minimum absolute atomic E-state index is 0.170. The average Bonchev–Trinajstić information content (AvgIpc) is 2.73. The maximum atomic E-state index is 11.7. The molecule has 3 unspecified atom stereocenters. The first kappa shape index (κ1) is 15.8. The minimum Gasteiger partial charge on any atom is -0.480 e. The van der Waals surface area contributed by atoms with E-state index in [0.717, 1.165) is 19.3 Å². The summed E-state index contributed by atoms with van der Waals surface area (Å²) in [5.41, 5.74) is 0. The van der Waals surface area contributed by atoms with Gasteiger partial charge in [-0.15, -0.1) is 0 Å². The van der Waals surface area contributed by atoms with Crippen LogP contribution in [0.2, 0.25) is 0 Å². The summed E-state index contributed by atoms with van der Waals surface area (Å²) in [6, 6.07) is -1.07. The third kappa shape index (κ3) is 5.92. The normalized spacial score (nSPS) is 23.9. The first-order valence-corrected chi connectivity index (χ1v) is 6.81. The van der Waals surface area contributed by atoms with Crippen LogP contribution in [0.15, 0.2) is 0 Å². The molecule has 1 saturated carbocycles. The Bertz CT molecular complexity index is 309. The summed E-state index contributed by atoms with van der Waals surface area (Å²) < 4.78 is 4.88. The monoisotopic (exact) mass is 272 g/mol. The summed E-state index contributed by atoms with van der Waals surface area (Å²) in [5, 5.41) is 14.4. The minimum atomic E-state index is -1.01. The number of methoxy groups -OCH3 is 1. The second kappa shape index (κ2) is 7.99. The lowest BCUT2D eigenvalue weighted by Crippen LogP contribution is -2.48. The first-order chi connectivity index (χ1) is 9.02. The lowest BCUT2D eigenvalue weighted by Gasteiger charge is -2.17. The first-order valence-electron chi connectivity index (χ1n) is 6.81. The summed E-state index contributed by atoms with van der Waals surface area (Å²) in [5.74, 6) is -0.381. The SMILES string of the molecule is COCCCC(NC(=O)NC1CCC(C)C1)C(=O)O. The van der Waals surface area contributed by atoms with Gasteiger partial charge in [-0.25, -0.2) is 9.59 Å². The number of hydrogen-bond donors (Lipinski definition) is 3. The van der Waals surface area contributed by atoms with Crippen molar-refractivity contribution in [3.8, 4) is 0 Å². The van der Waals surface area contributed by atoms with Gasteiger partial charge in [-0.2, -0.15) is 0 Å². The van der Waals surface area contributed by atoms with E-state index in [1.54, 1.807) is 7.11 Å². The molecule has 0 spiro atoms. The molecule has 2 amide bonds. The smallest absolute Gasteiger partial charge is 0.326 e. The van der Waals surface area contributed by atoms with Gasteiger partial charge in [0, 0.05) is 19.8 Å². The number of ether oxygens (including phenoxy) is 1. The van der Waals surface area contributed by atoms with E-state index in [1.165, 1.54) is 0 Å². The number of nitrogens with one attached hydrogen (secondary N) is 2. The average molecular weight is 272 g/mol. The van der Waals surface area contributed by atoms with Crippen molar-refractivity contribution >= 4 is 12.0 Å². The van der Waals surface area contributed by atoms with Gasteiger partial charge in [-0.05, 0) is 38.0 Å². The van der Waals surface area contributed by atoms with Crippen LogP contribution in [0.1, 0.15) is 39.0 Å². The van der Waals surface area contributed by atoms with Gasteiger partial charge in [-0.3, -0.25) is 0 Å². The van der Waals surface area contributed by atoms with Gasteiger partial charge in [0.2, 0.25) is 0 Å². The lowest BCUT2D eigenvalue weighted by atomic mass is 10.1. The zero-order valence-electron chi connectivity index (χ0n) is 11.6. The summed E-state index contributed by atoms with van der Waals surface area (Å²) in [7, 11) is 1.57. The van der Waals surface area contributed by atoms with Crippen molar-refractivity contribution in [1.29, 1.82) is 0 Å². The van der Waals surface area contributed by atoms with E-state index in [-0.39, 0.29) is 12.1 Å². The fourth-order valence-electron chi connectivity index (χ4n) is 2.41. The zero-order chi connectivity index (χ0) is 14.3. The molecule has 6 nitrogen and oxygen atoms in total. The summed E-state index contributed by atoms with van der Waals surface area (Å²) >= 11 is 0. The number of carboxylic acids is 1. The van der Waals surface area contributed by atoms with Crippen LogP contribution in [-0.4, -0.2) is 42.9 Å². The molecule has 0 bridgehead atoms. The highest BCUT2D eigenvalue weighted by Gasteiger charge is 2.25. The van der Waals surface area contributed by atoms with Crippen LogP contribution in [0.5, 0.6) is 0 Å². The molecule has 0 heterocycles. The number of carbonyl (C=O) groups excluding carboxylic acids is 1. The molecule has 3 atom stereocenters. The molecule has 3 N–H and O–H groups in total. The van der Waals surface area contributed by atoms with E-state index in [2.05, 4.69) is 17.6 Å². The molecule has 0 radical (unpaired) electrons. The molecule has 0 aliphatic heterocycles. The van der Waals surface area contributed by atoms with Crippen LogP contribution in [-0.2, 0) is 9.53 Å². The molecular weight excluding hydrogens is 248 g/mol. The Hall–Kier alpha value is -1.30. The van der Waals surface area contributed by atoms with Crippen molar-refractivity contribution in [3.63, 3.8) is 0 Å². The maximum absolute atomic E-state index is 11.7. The van der Waals surface area contributed by atoms with E-state index in [1.807, 2.05) is 0 Å². The molecule has 1 fully saturated rings. The van der Waals surface area contributed by atoms with Crippen LogP contribution in [0.3, 0.4) is 0 Å². The largest absolute Gasteiger partial charge is 0.480 e. The Labute approximate surface area is 113 Å². The van der Waals surface area contributed by atoms with E-state index in [9.17, 15) is 9.59 Å². The fraction of sp³-hybridized carbons (Fsp3) is 0.846. The van der Waals surface area contributed by atoms with E-state index >= 15 is 0 Å². The van der Waals surface area contributed by atoms with Gasteiger partial charge in [0.15, 0.2) is 0 Å². The van der Waals surface area contributed by atoms with Crippen LogP contribution < -0.4 is 10.6 Å². The van der Waals surface area contributed by atoms with Crippen LogP contribution >= 0.6 is 0 Å². The van der Waals surface area contributed by atoms with Gasteiger partial charge in [0.1, 0.15) is 6.04 Å². The summed E-state index contributed by atoms with van der Waals surface area (Å²) in [6.45, 7) is 2.65. The van der Waals surface area contributed by atoms with Gasteiger partial charge < -0.3 is 20.5 Å². The third-order valence-electron chi connectivity index (χ3n) is 3.47. The van der Waals surface area contributed by atoms with E-state index < -0.39 is 12.0 Å². The van der Waals surface area contributed by atoms with Crippen molar-refractivity contribution in [2.45, 2.75) is 51.1 Å². The third-order valence-corrected chi connectivity index (χ3v) is 3.47. The lowest BCUT2D eigenvalue weighted by molar-refractivity contribution is -0.139. The number of urea groups is 1. The number of rotatable bonds is 7. The highest BCUT2D eigenvalue weighted by Crippen LogP contribution is 2.24. The molecule has 0 aromatic rings. The van der Waals surface area contributed by atoms with Crippen molar-refractivity contribution in [2.24, 2.45) is 5.92 Å². The molecule has 1 rings (SSSR count). The number of amides is 2. The maximum Gasteiger partial charge on any atom is 0.326 e. The quantitative estimate of drug-likeness (QED) is 0.610. The Morgan fingerprint density at radius 1 is 1.42 bits per heavy atom. The molecule has 19 heavy (non-hydrogen) atoms. The second-order valence-corrected chi connectivity index (χ2v) is 5.26. The highest BCUT2D eigenvalue weighted by molar-refractivity contribution is 5.82. The molecule has 1 aliphatic carbocycles. The Morgan fingerprint density at radius 2 is 2.16 bits per heavy atom. The molecule has 6 heteroatoms. The number of carboxylic acid groups (broad SMARTS) is 1. The predicted molar refractivity (Wildman–Crippen MR) is 71.0 cm³/mol. The van der Waals surface area contributed by atoms with Crippen molar-refractivity contribution in [1.82, 2.24) is 10.6 Å². The number of carbonyl (C=O) groups is 2. The second-order valence-electron chi connectivity index (χ2n) is 5.26.